The van der Waals surface area contributed by atoms with Gasteiger partial charge in [0.2, 0.25) is 5.88 Å². The van der Waals surface area contributed by atoms with Gasteiger partial charge in [0, 0.05) is 22.3 Å². The quantitative estimate of drug-likeness (QED) is 0.726. The number of nitrogens with zero attached hydrogens (tertiary/aromatic N) is 3. The van der Waals surface area contributed by atoms with E-state index in [0.29, 0.717) is 5.88 Å². The monoisotopic (exact) mass is 315 g/mol. The predicted molar refractivity (Wildman–Crippen MR) is 77.0 cm³/mol. The summed E-state index contributed by atoms with van der Waals surface area (Å²) in [6, 6.07) is 9.55. The number of para-hydroxylation sites is 1. The molecular formula is C14H10BrN3O. The van der Waals surface area contributed by atoms with Crippen LogP contribution in [0.2, 0.25) is 0 Å². The summed E-state index contributed by atoms with van der Waals surface area (Å²) < 4.78 is 6.05. The Balaban J connectivity index is 2.17. The molecule has 0 aliphatic rings. The van der Waals surface area contributed by atoms with E-state index in [-0.39, 0.29) is 0 Å². The number of pyridine rings is 1. The zero-order valence-corrected chi connectivity index (χ0v) is 11.8. The first-order valence-corrected chi connectivity index (χ1v) is 6.49. The second-order valence-electron chi connectivity index (χ2n) is 3.95. The number of benzene rings is 1. The standard InChI is InChI=1S/C14H10BrN3O/c1-19-13-7-9(5-6-16-13)12-8-17-11-4-2-3-10(15)14(11)18-12/h2-8H,1H3. The first-order valence-electron chi connectivity index (χ1n) is 5.69. The summed E-state index contributed by atoms with van der Waals surface area (Å²) in [6.07, 6.45) is 3.45. The van der Waals surface area contributed by atoms with Gasteiger partial charge in [-0.25, -0.2) is 9.97 Å². The second kappa shape index (κ2) is 4.93. The summed E-state index contributed by atoms with van der Waals surface area (Å²) >= 11 is 3.49. The van der Waals surface area contributed by atoms with E-state index in [0.717, 1.165) is 26.8 Å². The Morgan fingerprint density at radius 2 is 2.05 bits per heavy atom. The summed E-state index contributed by atoms with van der Waals surface area (Å²) in [5.74, 6) is 0.562. The Morgan fingerprint density at radius 3 is 2.89 bits per heavy atom. The highest BCUT2D eigenvalue weighted by molar-refractivity contribution is 9.10. The number of ether oxygens (including phenoxy) is 1. The van der Waals surface area contributed by atoms with Crippen molar-refractivity contribution in [1.29, 1.82) is 0 Å². The molecule has 0 saturated carbocycles. The van der Waals surface area contributed by atoms with Crippen molar-refractivity contribution in [1.82, 2.24) is 15.0 Å². The summed E-state index contributed by atoms with van der Waals surface area (Å²) in [5.41, 5.74) is 3.42. The SMILES string of the molecule is COc1cc(-c2cnc3cccc(Br)c3n2)ccn1. The second-order valence-corrected chi connectivity index (χ2v) is 4.80. The summed E-state index contributed by atoms with van der Waals surface area (Å²) in [6.45, 7) is 0. The molecule has 0 atom stereocenters. The van der Waals surface area contributed by atoms with E-state index in [9.17, 15) is 0 Å². The number of hydrogen-bond acceptors (Lipinski definition) is 4. The summed E-state index contributed by atoms with van der Waals surface area (Å²) in [5, 5.41) is 0. The van der Waals surface area contributed by atoms with Crippen molar-refractivity contribution in [3.05, 3.63) is 47.2 Å². The van der Waals surface area contributed by atoms with Crippen LogP contribution in [0.1, 0.15) is 0 Å². The largest absolute Gasteiger partial charge is 0.481 e. The summed E-state index contributed by atoms with van der Waals surface area (Å²) in [7, 11) is 1.59. The Bertz CT molecular complexity index is 746. The molecule has 0 fully saturated rings. The third-order valence-corrected chi connectivity index (χ3v) is 3.40. The van der Waals surface area contributed by atoms with E-state index in [1.807, 2.05) is 30.3 Å². The first kappa shape index (κ1) is 12.0. The maximum atomic E-state index is 5.12. The lowest BCUT2D eigenvalue weighted by atomic mass is 10.2. The maximum absolute atomic E-state index is 5.12. The van der Waals surface area contributed by atoms with E-state index < -0.39 is 0 Å². The molecule has 2 aromatic heterocycles. The first-order chi connectivity index (χ1) is 9.28. The minimum absolute atomic E-state index is 0.562. The van der Waals surface area contributed by atoms with E-state index in [1.165, 1.54) is 0 Å². The van der Waals surface area contributed by atoms with E-state index in [4.69, 9.17) is 4.74 Å². The normalized spacial score (nSPS) is 10.6. The van der Waals surface area contributed by atoms with Crippen molar-refractivity contribution in [2.75, 3.05) is 7.11 Å². The number of methoxy groups -OCH3 is 1. The Hall–Kier alpha value is -2.01. The predicted octanol–water partition coefficient (Wildman–Crippen LogP) is 3.46. The van der Waals surface area contributed by atoms with Crippen molar-refractivity contribution in [3.63, 3.8) is 0 Å². The van der Waals surface area contributed by atoms with Gasteiger partial charge in [-0.15, -0.1) is 0 Å². The van der Waals surface area contributed by atoms with E-state index >= 15 is 0 Å². The molecule has 94 valence electrons. The zero-order chi connectivity index (χ0) is 13.2. The molecule has 3 aromatic rings. The van der Waals surface area contributed by atoms with Gasteiger partial charge in [-0.3, -0.25) is 4.98 Å². The fourth-order valence-electron chi connectivity index (χ4n) is 1.82. The molecule has 19 heavy (non-hydrogen) atoms. The van der Waals surface area contributed by atoms with Crippen molar-refractivity contribution in [2.24, 2.45) is 0 Å². The van der Waals surface area contributed by atoms with Gasteiger partial charge in [-0.1, -0.05) is 6.07 Å². The average molecular weight is 316 g/mol. The maximum Gasteiger partial charge on any atom is 0.213 e. The zero-order valence-electron chi connectivity index (χ0n) is 10.2. The van der Waals surface area contributed by atoms with Crippen LogP contribution in [0.4, 0.5) is 0 Å². The van der Waals surface area contributed by atoms with Crippen molar-refractivity contribution < 1.29 is 4.74 Å². The molecule has 0 amide bonds. The molecule has 0 radical (unpaired) electrons. The third kappa shape index (κ3) is 2.29. The molecule has 3 rings (SSSR count). The molecule has 0 bridgehead atoms. The van der Waals surface area contributed by atoms with Crippen molar-refractivity contribution in [2.45, 2.75) is 0 Å². The van der Waals surface area contributed by atoms with Crippen LogP contribution >= 0.6 is 15.9 Å². The van der Waals surface area contributed by atoms with Gasteiger partial charge in [0.1, 0.15) is 5.52 Å². The van der Waals surface area contributed by atoms with Gasteiger partial charge >= 0.3 is 0 Å². The lowest BCUT2D eigenvalue weighted by Crippen LogP contribution is -1.91. The molecule has 5 heteroatoms. The van der Waals surface area contributed by atoms with Gasteiger partial charge in [-0.2, -0.15) is 0 Å². The van der Waals surface area contributed by atoms with Gasteiger partial charge in [0.05, 0.1) is 24.5 Å². The van der Waals surface area contributed by atoms with E-state index in [1.54, 1.807) is 19.5 Å². The highest BCUT2D eigenvalue weighted by Crippen LogP contribution is 2.25. The topological polar surface area (TPSA) is 47.9 Å². The molecular weight excluding hydrogens is 306 g/mol. The molecule has 0 spiro atoms. The molecule has 0 unspecified atom stereocenters. The lowest BCUT2D eigenvalue weighted by Gasteiger charge is -2.05. The van der Waals surface area contributed by atoms with Crippen LogP contribution in [0.25, 0.3) is 22.3 Å². The highest BCUT2D eigenvalue weighted by atomic mass is 79.9. The smallest absolute Gasteiger partial charge is 0.213 e. The molecule has 0 N–H and O–H groups in total. The number of fused-ring (bicyclic) bond motifs is 1. The highest BCUT2D eigenvalue weighted by Gasteiger charge is 2.06. The molecule has 0 saturated heterocycles. The van der Waals surface area contributed by atoms with Crippen LogP contribution in [0.3, 0.4) is 0 Å². The lowest BCUT2D eigenvalue weighted by molar-refractivity contribution is 0.398. The number of halogens is 1. The fourth-order valence-corrected chi connectivity index (χ4v) is 2.26. The Morgan fingerprint density at radius 1 is 1.16 bits per heavy atom. The minimum atomic E-state index is 0.562. The fraction of sp³-hybridized carbons (Fsp3) is 0.0714. The van der Waals surface area contributed by atoms with Crippen molar-refractivity contribution >= 4 is 27.0 Å². The van der Waals surface area contributed by atoms with Gasteiger partial charge < -0.3 is 4.74 Å². The molecule has 1 aromatic carbocycles. The van der Waals surface area contributed by atoms with Crippen LogP contribution in [0.5, 0.6) is 5.88 Å². The number of aromatic nitrogens is 3. The molecule has 2 heterocycles. The number of hydrogen-bond donors (Lipinski definition) is 0. The van der Waals surface area contributed by atoms with Gasteiger partial charge in [0.25, 0.3) is 0 Å². The van der Waals surface area contributed by atoms with Crippen LogP contribution < -0.4 is 4.74 Å². The summed E-state index contributed by atoms with van der Waals surface area (Å²) in [4.78, 5) is 13.1. The molecule has 0 aliphatic carbocycles. The Kier molecular flexibility index (Phi) is 3.13. The van der Waals surface area contributed by atoms with Crippen molar-refractivity contribution in [3.8, 4) is 17.1 Å². The average Bonchev–Trinajstić information content (AvgIpc) is 2.47. The minimum Gasteiger partial charge on any atom is -0.481 e. The van der Waals surface area contributed by atoms with Gasteiger partial charge in [0.15, 0.2) is 0 Å². The molecule has 0 aliphatic heterocycles. The third-order valence-electron chi connectivity index (χ3n) is 2.76. The number of rotatable bonds is 2. The van der Waals surface area contributed by atoms with Crippen LogP contribution in [0, 0.1) is 0 Å². The van der Waals surface area contributed by atoms with Crippen LogP contribution in [-0.4, -0.2) is 22.1 Å². The molecule has 4 nitrogen and oxygen atoms in total. The van der Waals surface area contributed by atoms with E-state index in [2.05, 4.69) is 30.9 Å². The van der Waals surface area contributed by atoms with Gasteiger partial charge in [-0.05, 0) is 34.1 Å². The van der Waals surface area contributed by atoms with Crippen LogP contribution in [-0.2, 0) is 0 Å². The Labute approximate surface area is 118 Å². The van der Waals surface area contributed by atoms with Crippen LogP contribution in [0.15, 0.2) is 47.2 Å².